The lowest BCUT2D eigenvalue weighted by Crippen LogP contribution is -2.18. The van der Waals surface area contributed by atoms with Crippen LogP contribution >= 0.6 is 0 Å². The summed E-state index contributed by atoms with van der Waals surface area (Å²) in [6.07, 6.45) is -4.69. The van der Waals surface area contributed by atoms with Gasteiger partial charge in [0.05, 0.1) is 12.7 Å². The van der Waals surface area contributed by atoms with Gasteiger partial charge in [0.1, 0.15) is 5.75 Å². The first-order valence-electron chi connectivity index (χ1n) is 8.25. The molecule has 3 aromatic rings. The van der Waals surface area contributed by atoms with E-state index >= 15 is 0 Å². The summed E-state index contributed by atoms with van der Waals surface area (Å²) in [5.41, 5.74) is 2.30. The Labute approximate surface area is 154 Å². The molecule has 1 aromatic heterocycles. The van der Waals surface area contributed by atoms with Crippen molar-refractivity contribution < 1.29 is 22.3 Å². The van der Waals surface area contributed by atoms with Crippen molar-refractivity contribution in [3.63, 3.8) is 0 Å². The van der Waals surface area contributed by atoms with Gasteiger partial charge >= 0.3 is 12.1 Å². The molecule has 2 aromatic carbocycles. The summed E-state index contributed by atoms with van der Waals surface area (Å²) in [4.78, 5) is 0. The zero-order chi connectivity index (χ0) is 19.4. The molecule has 0 saturated heterocycles. The summed E-state index contributed by atoms with van der Waals surface area (Å²) >= 11 is 0. The van der Waals surface area contributed by atoms with E-state index in [1.165, 1.54) is 7.11 Å². The number of hydrogen-bond donors (Lipinski definition) is 1. The minimum Gasteiger partial charge on any atom is -0.496 e. The number of benzene rings is 2. The second kappa shape index (κ2) is 7.79. The molecule has 1 N–H and O–H groups in total. The van der Waals surface area contributed by atoms with E-state index in [9.17, 15) is 13.2 Å². The molecular formula is C19H18F3N3O2. The van der Waals surface area contributed by atoms with Crippen molar-refractivity contribution in [3.05, 3.63) is 65.5 Å². The molecule has 0 amide bonds. The van der Waals surface area contributed by atoms with E-state index < -0.39 is 12.1 Å². The van der Waals surface area contributed by atoms with E-state index in [1.54, 1.807) is 12.1 Å². The lowest BCUT2D eigenvalue weighted by molar-refractivity contribution is -0.156. The lowest BCUT2D eigenvalue weighted by Gasteiger charge is -2.15. The molecule has 0 aliphatic carbocycles. The molecule has 0 fully saturated rings. The van der Waals surface area contributed by atoms with E-state index in [2.05, 4.69) is 15.5 Å². The maximum Gasteiger partial charge on any atom is 0.470 e. The Kier molecular flexibility index (Phi) is 5.46. The largest absolute Gasteiger partial charge is 0.496 e. The highest BCUT2D eigenvalue weighted by Crippen LogP contribution is 2.34. The fraction of sp³-hybridized carbons (Fsp3) is 0.263. The highest BCUT2D eigenvalue weighted by Gasteiger charge is 2.38. The van der Waals surface area contributed by atoms with Crippen molar-refractivity contribution in [1.82, 2.24) is 15.5 Å². The van der Waals surface area contributed by atoms with E-state index in [0.717, 1.165) is 11.1 Å². The normalized spacial score (nSPS) is 12.8. The fourth-order valence-corrected chi connectivity index (χ4v) is 2.61. The van der Waals surface area contributed by atoms with Crippen LogP contribution in [0.5, 0.6) is 5.75 Å². The third-order valence-corrected chi connectivity index (χ3v) is 4.07. The zero-order valence-electron chi connectivity index (χ0n) is 14.7. The quantitative estimate of drug-likeness (QED) is 0.680. The Morgan fingerprint density at radius 1 is 1.11 bits per heavy atom. The monoisotopic (exact) mass is 377 g/mol. The van der Waals surface area contributed by atoms with Gasteiger partial charge in [-0.3, -0.25) is 0 Å². The topological polar surface area (TPSA) is 60.2 Å². The van der Waals surface area contributed by atoms with Crippen LogP contribution in [0.1, 0.15) is 30.0 Å². The maximum atomic E-state index is 12.7. The number of halogens is 3. The van der Waals surface area contributed by atoms with E-state index in [1.807, 2.05) is 43.3 Å². The van der Waals surface area contributed by atoms with Gasteiger partial charge in [-0.1, -0.05) is 36.4 Å². The first-order valence-corrected chi connectivity index (χ1v) is 8.25. The molecule has 0 aliphatic heterocycles. The Hall–Kier alpha value is -2.87. The van der Waals surface area contributed by atoms with Gasteiger partial charge in [-0.05, 0) is 30.2 Å². The summed E-state index contributed by atoms with van der Waals surface area (Å²) in [6.45, 7) is 2.54. The number of rotatable bonds is 6. The summed E-state index contributed by atoms with van der Waals surface area (Å²) in [6, 6.07) is 15.2. The predicted octanol–water partition coefficient (Wildman–Crippen LogP) is 4.61. The number of aromatic nitrogens is 2. The molecule has 0 unspecified atom stereocenters. The Morgan fingerprint density at radius 2 is 1.85 bits per heavy atom. The van der Waals surface area contributed by atoms with Crippen molar-refractivity contribution in [1.29, 1.82) is 0 Å². The summed E-state index contributed by atoms with van der Waals surface area (Å²) in [7, 11) is 1.43. The lowest BCUT2D eigenvalue weighted by atomic mass is 10.1. The molecule has 142 valence electrons. The summed E-state index contributed by atoms with van der Waals surface area (Å²) in [5, 5.41) is 9.95. The van der Waals surface area contributed by atoms with Gasteiger partial charge in [0, 0.05) is 12.6 Å². The van der Waals surface area contributed by atoms with Crippen LogP contribution in [0.4, 0.5) is 13.2 Å². The van der Waals surface area contributed by atoms with Gasteiger partial charge in [-0.15, -0.1) is 10.2 Å². The molecule has 0 saturated carbocycles. The van der Waals surface area contributed by atoms with E-state index in [0.29, 0.717) is 17.9 Å². The van der Waals surface area contributed by atoms with Crippen molar-refractivity contribution in [2.24, 2.45) is 0 Å². The molecule has 27 heavy (non-hydrogen) atoms. The molecule has 3 rings (SSSR count). The fourth-order valence-electron chi connectivity index (χ4n) is 2.61. The van der Waals surface area contributed by atoms with Crippen LogP contribution in [0.15, 0.2) is 52.9 Å². The highest BCUT2D eigenvalue weighted by molar-refractivity contribution is 5.63. The minimum absolute atomic E-state index is 0.108. The van der Waals surface area contributed by atoms with E-state index in [4.69, 9.17) is 9.15 Å². The third-order valence-electron chi connectivity index (χ3n) is 4.07. The van der Waals surface area contributed by atoms with Gasteiger partial charge in [0.2, 0.25) is 0 Å². The third kappa shape index (κ3) is 4.46. The van der Waals surface area contributed by atoms with Crippen LogP contribution in [0, 0.1) is 0 Å². The number of hydrogen-bond acceptors (Lipinski definition) is 5. The number of alkyl halides is 3. The average molecular weight is 377 g/mol. The Morgan fingerprint density at radius 3 is 2.48 bits per heavy atom. The maximum absolute atomic E-state index is 12.7. The van der Waals surface area contributed by atoms with E-state index in [-0.39, 0.29) is 11.9 Å². The second-order valence-electron chi connectivity index (χ2n) is 5.96. The standard InChI is InChI=1S/C19H18F3N3O2/c1-12(14-6-4-3-5-7-14)23-11-13-8-9-16(26-2)15(10-13)17-24-25-18(27-17)19(20,21)22/h3-10,12,23H,11H2,1-2H3/t12-/m1/s1. The average Bonchev–Trinajstić information content (AvgIpc) is 3.17. The molecule has 0 spiro atoms. The van der Waals surface area contributed by atoms with Crippen LogP contribution in [0.25, 0.3) is 11.5 Å². The molecule has 1 atom stereocenters. The van der Waals surface area contributed by atoms with Gasteiger partial charge in [-0.25, -0.2) is 0 Å². The zero-order valence-corrected chi connectivity index (χ0v) is 14.7. The van der Waals surface area contributed by atoms with Crippen molar-refractivity contribution in [2.75, 3.05) is 7.11 Å². The molecule has 1 heterocycles. The van der Waals surface area contributed by atoms with Crippen LogP contribution in [0.2, 0.25) is 0 Å². The first kappa shape index (κ1) is 18.9. The second-order valence-corrected chi connectivity index (χ2v) is 5.96. The molecule has 0 bridgehead atoms. The van der Waals surface area contributed by atoms with Gasteiger partial charge < -0.3 is 14.5 Å². The molecular weight excluding hydrogens is 359 g/mol. The smallest absolute Gasteiger partial charge is 0.470 e. The Balaban J connectivity index is 1.80. The van der Waals surface area contributed by atoms with Crippen LogP contribution in [0.3, 0.4) is 0 Å². The number of nitrogens with one attached hydrogen (secondary N) is 1. The molecule has 5 nitrogen and oxygen atoms in total. The molecule has 0 aliphatic rings. The number of nitrogens with zero attached hydrogens (tertiary/aromatic N) is 2. The van der Waals surface area contributed by atoms with Gasteiger partial charge in [-0.2, -0.15) is 13.2 Å². The highest BCUT2D eigenvalue weighted by atomic mass is 19.4. The van der Waals surface area contributed by atoms with Gasteiger partial charge in [0.15, 0.2) is 0 Å². The van der Waals surface area contributed by atoms with Crippen LogP contribution < -0.4 is 10.1 Å². The number of ether oxygens (including phenoxy) is 1. The van der Waals surface area contributed by atoms with Crippen LogP contribution in [-0.4, -0.2) is 17.3 Å². The molecule has 8 heteroatoms. The minimum atomic E-state index is -4.69. The van der Waals surface area contributed by atoms with Crippen molar-refractivity contribution in [3.8, 4) is 17.2 Å². The summed E-state index contributed by atoms with van der Waals surface area (Å²) < 4.78 is 48.1. The number of methoxy groups -OCH3 is 1. The Bertz CT molecular complexity index is 895. The first-order chi connectivity index (χ1) is 12.9. The SMILES string of the molecule is COc1ccc(CN[C@H](C)c2ccccc2)cc1-c1nnc(C(F)(F)F)o1. The summed E-state index contributed by atoms with van der Waals surface area (Å²) in [5.74, 6) is -1.27. The molecule has 0 radical (unpaired) electrons. The van der Waals surface area contributed by atoms with Crippen molar-refractivity contribution in [2.45, 2.75) is 25.7 Å². The van der Waals surface area contributed by atoms with Gasteiger partial charge in [0.25, 0.3) is 5.89 Å². The van der Waals surface area contributed by atoms with Crippen LogP contribution in [-0.2, 0) is 12.7 Å². The van der Waals surface area contributed by atoms with Crippen molar-refractivity contribution >= 4 is 0 Å². The predicted molar refractivity (Wildman–Crippen MR) is 93.0 cm³/mol.